The zero-order valence-electron chi connectivity index (χ0n) is 8.78. The Balaban J connectivity index is 1.99. The van der Waals surface area contributed by atoms with E-state index in [0.717, 1.165) is 32.1 Å². The van der Waals surface area contributed by atoms with Crippen molar-refractivity contribution in [3.63, 3.8) is 0 Å². The summed E-state index contributed by atoms with van der Waals surface area (Å²) in [5.41, 5.74) is -0.545. The minimum atomic E-state index is -3.37. The molecule has 0 aromatic heterocycles. The summed E-state index contributed by atoms with van der Waals surface area (Å²) in [6, 6.07) is 0. The van der Waals surface area contributed by atoms with Crippen LogP contribution in [0.4, 0.5) is 0 Å². The third-order valence-electron chi connectivity index (χ3n) is 3.16. The summed E-state index contributed by atoms with van der Waals surface area (Å²) >= 11 is 0. The van der Waals surface area contributed by atoms with Crippen LogP contribution in [0, 0.1) is 0 Å². The van der Waals surface area contributed by atoms with Gasteiger partial charge in [0, 0.05) is 13.1 Å². The maximum Gasteiger partial charge on any atom is 0.280 e. The molecule has 0 aromatic carbocycles. The van der Waals surface area contributed by atoms with Crippen molar-refractivity contribution >= 4 is 10.2 Å². The monoisotopic (exact) mass is 234 g/mol. The van der Waals surface area contributed by atoms with Crippen LogP contribution in [0.3, 0.4) is 0 Å². The summed E-state index contributed by atoms with van der Waals surface area (Å²) in [5.74, 6) is 0. The second-order valence-electron chi connectivity index (χ2n) is 4.51. The van der Waals surface area contributed by atoms with Crippen LogP contribution in [0.1, 0.15) is 32.1 Å². The molecule has 0 bridgehead atoms. The van der Waals surface area contributed by atoms with Crippen LogP contribution in [0.2, 0.25) is 0 Å². The standard InChI is InChI=1S/C9H18N2O3S/c12-8-9(4-5-9)10-15(13,14)11-6-2-1-3-7-11/h10,12H,1-8H2. The Hall–Kier alpha value is -0.170. The van der Waals surface area contributed by atoms with Gasteiger partial charge < -0.3 is 5.11 Å². The molecule has 1 saturated heterocycles. The maximum atomic E-state index is 11.9. The fourth-order valence-corrected chi connectivity index (χ4v) is 3.57. The smallest absolute Gasteiger partial charge is 0.280 e. The summed E-state index contributed by atoms with van der Waals surface area (Å²) in [5, 5.41) is 9.07. The number of rotatable bonds is 4. The average molecular weight is 234 g/mol. The minimum Gasteiger partial charge on any atom is -0.394 e. The van der Waals surface area contributed by atoms with E-state index < -0.39 is 15.7 Å². The Kier molecular flexibility index (Phi) is 3.03. The molecule has 88 valence electrons. The number of aliphatic hydroxyl groups is 1. The number of aliphatic hydroxyl groups excluding tert-OH is 1. The van der Waals surface area contributed by atoms with Crippen molar-refractivity contribution in [2.75, 3.05) is 19.7 Å². The largest absolute Gasteiger partial charge is 0.394 e. The molecule has 6 heteroatoms. The molecule has 0 aromatic rings. The Bertz CT molecular complexity index is 318. The molecule has 1 aliphatic carbocycles. The first-order valence-corrected chi connectivity index (χ1v) is 6.92. The molecule has 2 aliphatic rings. The Morgan fingerprint density at radius 1 is 1.20 bits per heavy atom. The van der Waals surface area contributed by atoms with Gasteiger partial charge in [-0.1, -0.05) is 6.42 Å². The van der Waals surface area contributed by atoms with Gasteiger partial charge >= 0.3 is 0 Å². The molecule has 1 saturated carbocycles. The van der Waals surface area contributed by atoms with Crippen LogP contribution in [0.15, 0.2) is 0 Å². The quantitative estimate of drug-likeness (QED) is 0.709. The summed E-state index contributed by atoms with van der Waals surface area (Å²) in [4.78, 5) is 0. The molecule has 0 atom stereocenters. The average Bonchev–Trinajstić information content (AvgIpc) is 2.99. The van der Waals surface area contributed by atoms with E-state index in [2.05, 4.69) is 4.72 Å². The highest BCUT2D eigenvalue weighted by Gasteiger charge is 2.46. The third kappa shape index (κ3) is 2.50. The SMILES string of the molecule is O=S(=O)(NC1(CO)CC1)N1CCCCC1. The van der Waals surface area contributed by atoms with Crippen molar-refractivity contribution in [3.8, 4) is 0 Å². The number of hydrogen-bond acceptors (Lipinski definition) is 3. The summed E-state index contributed by atoms with van der Waals surface area (Å²) in [6.45, 7) is 1.12. The molecule has 2 rings (SSSR count). The van der Waals surface area contributed by atoms with E-state index in [0.29, 0.717) is 13.1 Å². The Labute approximate surface area is 90.6 Å². The van der Waals surface area contributed by atoms with E-state index in [4.69, 9.17) is 5.11 Å². The molecule has 1 aliphatic heterocycles. The maximum absolute atomic E-state index is 11.9. The summed E-state index contributed by atoms with van der Waals surface area (Å²) in [6.07, 6.45) is 4.48. The van der Waals surface area contributed by atoms with Gasteiger partial charge in [-0.15, -0.1) is 0 Å². The topological polar surface area (TPSA) is 69.6 Å². The van der Waals surface area contributed by atoms with Crippen LogP contribution in [-0.4, -0.2) is 43.1 Å². The van der Waals surface area contributed by atoms with Gasteiger partial charge in [0.05, 0.1) is 12.1 Å². The summed E-state index contributed by atoms with van der Waals surface area (Å²) < 4.78 is 27.9. The molecule has 2 N–H and O–H groups in total. The molecule has 0 amide bonds. The lowest BCUT2D eigenvalue weighted by Gasteiger charge is -2.28. The molecular formula is C9H18N2O3S. The van der Waals surface area contributed by atoms with Crippen molar-refractivity contribution in [2.45, 2.75) is 37.6 Å². The third-order valence-corrected chi connectivity index (χ3v) is 4.89. The zero-order chi connectivity index (χ0) is 10.9. The lowest BCUT2D eigenvalue weighted by molar-refractivity contribution is 0.242. The Morgan fingerprint density at radius 2 is 1.80 bits per heavy atom. The normalized spacial score (nSPS) is 26.5. The van der Waals surface area contributed by atoms with E-state index in [9.17, 15) is 8.42 Å². The molecule has 1 heterocycles. The van der Waals surface area contributed by atoms with E-state index in [-0.39, 0.29) is 6.61 Å². The second kappa shape index (κ2) is 4.01. The molecule has 0 radical (unpaired) electrons. The van der Waals surface area contributed by atoms with Gasteiger partial charge in [-0.05, 0) is 25.7 Å². The van der Waals surface area contributed by atoms with Crippen molar-refractivity contribution in [1.29, 1.82) is 0 Å². The van der Waals surface area contributed by atoms with Crippen LogP contribution in [0.5, 0.6) is 0 Å². The molecule has 0 unspecified atom stereocenters. The fourth-order valence-electron chi connectivity index (χ4n) is 1.89. The van der Waals surface area contributed by atoms with Crippen molar-refractivity contribution in [1.82, 2.24) is 9.03 Å². The zero-order valence-corrected chi connectivity index (χ0v) is 9.59. The van der Waals surface area contributed by atoms with Crippen LogP contribution in [0.25, 0.3) is 0 Å². The molecule has 5 nitrogen and oxygen atoms in total. The summed E-state index contributed by atoms with van der Waals surface area (Å²) in [7, 11) is -3.37. The van der Waals surface area contributed by atoms with Gasteiger partial charge in [-0.25, -0.2) is 0 Å². The van der Waals surface area contributed by atoms with E-state index in [1.54, 1.807) is 0 Å². The first-order valence-electron chi connectivity index (χ1n) is 5.48. The van der Waals surface area contributed by atoms with Gasteiger partial charge in [0.2, 0.25) is 0 Å². The minimum absolute atomic E-state index is 0.0972. The van der Waals surface area contributed by atoms with Gasteiger partial charge in [-0.2, -0.15) is 17.4 Å². The first kappa shape index (κ1) is 11.3. The lowest BCUT2D eigenvalue weighted by atomic mass is 10.2. The van der Waals surface area contributed by atoms with Crippen LogP contribution >= 0.6 is 0 Å². The highest BCUT2D eigenvalue weighted by molar-refractivity contribution is 7.87. The highest BCUT2D eigenvalue weighted by Crippen LogP contribution is 2.35. The molecule has 2 fully saturated rings. The number of nitrogens with one attached hydrogen (secondary N) is 1. The van der Waals surface area contributed by atoms with E-state index in [1.165, 1.54) is 4.31 Å². The molecule has 0 spiro atoms. The van der Waals surface area contributed by atoms with Crippen molar-refractivity contribution < 1.29 is 13.5 Å². The predicted molar refractivity (Wildman–Crippen MR) is 56.5 cm³/mol. The second-order valence-corrected chi connectivity index (χ2v) is 6.18. The molecular weight excluding hydrogens is 216 g/mol. The van der Waals surface area contributed by atoms with Gasteiger partial charge in [-0.3, -0.25) is 0 Å². The predicted octanol–water partition coefficient (Wildman–Crippen LogP) is -0.168. The van der Waals surface area contributed by atoms with Gasteiger partial charge in [0.1, 0.15) is 0 Å². The van der Waals surface area contributed by atoms with E-state index >= 15 is 0 Å². The first-order chi connectivity index (χ1) is 7.08. The lowest BCUT2D eigenvalue weighted by Crippen LogP contribution is -2.49. The van der Waals surface area contributed by atoms with Crippen molar-refractivity contribution in [3.05, 3.63) is 0 Å². The van der Waals surface area contributed by atoms with Crippen LogP contribution < -0.4 is 4.72 Å². The highest BCUT2D eigenvalue weighted by atomic mass is 32.2. The molecule has 15 heavy (non-hydrogen) atoms. The Morgan fingerprint density at radius 3 is 2.27 bits per heavy atom. The van der Waals surface area contributed by atoms with Gasteiger partial charge in [0.25, 0.3) is 10.2 Å². The number of nitrogens with zero attached hydrogens (tertiary/aromatic N) is 1. The fraction of sp³-hybridized carbons (Fsp3) is 1.00. The number of piperidine rings is 1. The van der Waals surface area contributed by atoms with Crippen LogP contribution in [-0.2, 0) is 10.2 Å². The van der Waals surface area contributed by atoms with Gasteiger partial charge in [0.15, 0.2) is 0 Å². The van der Waals surface area contributed by atoms with Crippen molar-refractivity contribution in [2.24, 2.45) is 0 Å². The number of hydrogen-bond donors (Lipinski definition) is 2. The van der Waals surface area contributed by atoms with E-state index in [1.807, 2.05) is 0 Å².